The van der Waals surface area contributed by atoms with Crippen molar-refractivity contribution in [2.75, 3.05) is 42.0 Å². The lowest BCUT2D eigenvalue weighted by Crippen LogP contribution is -2.39. The second-order valence-electron chi connectivity index (χ2n) is 10.1. The average Bonchev–Trinajstić information content (AvgIpc) is 2.92. The van der Waals surface area contributed by atoms with Gasteiger partial charge >= 0.3 is 0 Å². The smallest absolute Gasteiger partial charge is 0.217 e. The molecular formula is C31H36BrN3O4. The number of halogens is 1. The molecule has 0 saturated heterocycles. The highest BCUT2D eigenvalue weighted by Crippen LogP contribution is 2.51. The summed E-state index contributed by atoms with van der Waals surface area (Å²) in [6.07, 6.45) is 2.23. The van der Waals surface area contributed by atoms with Crippen molar-refractivity contribution < 1.29 is 19.3 Å². The minimum Gasteiger partial charge on any atom is -0.493 e. The van der Waals surface area contributed by atoms with Crippen LogP contribution in [0.4, 0.5) is 0 Å². The maximum atomic E-state index is 13.1. The van der Waals surface area contributed by atoms with Crippen LogP contribution in [0, 0.1) is 13.8 Å². The summed E-state index contributed by atoms with van der Waals surface area (Å²) in [5.74, 6) is 0.907. The van der Waals surface area contributed by atoms with Crippen LogP contribution in [0.2, 0.25) is 0 Å². The van der Waals surface area contributed by atoms with Gasteiger partial charge < -0.3 is 24.2 Å². The van der Waals surface area contributed by atoms with Gasteiger partial charge in [-0.05, 0) is 76.3 Å². The van der Waals surface area contributed by atoms with Crippen molar-refractivity contribution in [3.05, 3.63) is 87.1 Å². The van der Waals surface area contributed by atoms with Gasteiger partial charge in [0.1, 0.15) is 5.60 Å². The summed E-state index contributed by atoms with van der Waals surface area (Å²) in [5, 5.41) is 14.0. The van der Waals surface area contributed by atoms with E-state index in [4.69, 9.17) is 19.2 Å². The Kier molecular flexibility index (Phi) is 8.79. The lowest BCUT2D eigenvalue weighted by molar-refractivity contribution is 0.00219. The summed E-state index contributed by atoms with van der Waals surface area (Å²) < 4.78 is 18.4. The number of aryl methyl sites for hydroxylation is 2. The molecule has 0 spiro atoms. The van der Waals surface area contributed by atoms with Crippen LogP contribution >= 0.6 is 15.9 Å². The number of aliphatic hydroxyl groups is 1. The molecule has 1 N–H and O–H groups in total. The molecule has 2 aromatic heterocycles. The van der Waals surface area contributed by atoms with Gasteiger partial charge in [-0.1, -0.05) is 28.1 Å². The van der Waals surface area contributed by atoms with E-state index in [1.807, 2.05) is 76.6 Å². The van der Waals surface area contributed by atoms with E-state index in [9.17, 15) is 5.11 Å². The third kappa shape index (κ3) is 5.73. The van der Waals surface area contributed by atoms with Gasteiger partial charge in [-0.2, -0.15) is 0 Å². The number of hydrogen-bond donors (Lipinski definition) is 1. The van der Waals surface area contributed by atoms with Gasteiger partial charge in [0.05, 0.1) is 32.8 Å². The Hall–Kier alpha value is -3.20. The first-order chi connectivity index (χ1) is 18.6. The lowest BCUT2D eigenvalue weighted by atomic mass is 9.70. The summed E-state index contributed by atoms with van der Waals surface area (Å²) in [5.41, 5.74) is 3.33. The van der Waals surface area contributed by atoms with Crippen molar-refractivity contribution in [1.82, 2.24) is 14.9 Å². The molecule has 0 saturated carbocycles. The van der Waals surface area contributed by atoms with Crippen molar-refractivity contribution in [3.63, 3.8) is 0 Å². The van der Waals surface area contributed by atoms with Gasteiger partial charge in [0, 0.05) is 45.0 Å². The molecule has 2 atom stereocenters. The molecule has 39 heavy (non-hydrogen) atoms. The Bertz CT molecular complexity index is 1480. The van der Waals surface area contributed by atoms with E-state index in [0.29, 0.717) is 30.3 Å². The van der Waals surface area contributed by atoms with Crippen molar-refractivity contribution in [3.8, 4) is 17.4 Å². The second-order valence-corrected chi connectivity index (χ2v) is 11.0. The molecule has 7 nitrogen and oxygen atoms in total. The monoisotopic (exact) mass is 593 g/mol. The topological polar surface area (TPSA) is 76.9 Å². The third-order valence-electron chi connectivity index (χ3n) is 7.13. The average molecular weight is 595 g/mol. The van der Waals surface area contributed by atoms with Crippen LogP contribution in [-0.4, -0.2) is 61.9 Å². The molecule has 8 heteroatoms. The Labute approximate surface area is 238 Å². The first-order valence-electron chi connectivity index (χ1n) is 12.8. The first-order valence-corrected chi connectivity index (χ1v) is 13.6. The fourth-order valence-electron chi connectivity index (χ4n) is 5.24. The molecule has 0 radical (unpaired) electrons. The standard InChI is InChI=1S/C31H36BrN3O4/c1-19-15-25(20(2)33-18-19)31(36,13-14-35(3)4)28(23-9-8-10-27(37-5)29(23)38-6)24-17-21-16-22(32)11-12-26(21)34-30(24)39-7/h8-12,15-18,28,36H,13-14H2,1-7H3/t28-,31-/m1/s1. The predicted octanol–water partition coefficient (Wildman–Crippen LogP) is 6.01. The maximum absolute atomic E-state index is 13.1. The largest absolute Gasteiger partial charge is 0.493 e. The number of aromatic nitrogens is 2. The number of fused-ring (bicyclic) bond motifs is 1. The highest BCUT2D eigenvalue weighted by molar-refractivity contribution is 9.10. The molecule has 0 amide bonds. The van der Waals surface area contributed by atoms with E-state index in [2.05, 4.69) is 31.9 Å². The van der Waals surface area contributed by atoms with Crippen LogP contribution in [0.5, 0.6) is 17.4 Å². The summed E-state index contributed by atoms with van der Waals surface area (Å²) in [6, 6.07) is 15.7. The maximum Gasteiger partial charge on any atom is 0.217 e. The first kappa shape index (κ1) is 28.8. The zero-order valence-electron chi connectivity index (χ0n) is 23.6. The number of benzene rings is 2. The lowest BCUT2D eigenvalue weighted by Gasteiger charge is -2.40. The van der Waals surface area contributed by atoms with E-state index >= 15 is 0 Å². The number of pyridine rings is 2. The molecule has 4 aromatic rings. The van der Waals surface area contributed by atoms with Crippen LogP contribution in [0.15, 0.2) is 59.2 Å². The highest BCUT2D eigenvalue weighted by atomic mass is 79.9. The minimum atomic E-state index is -1.42. The van der Waals surface area contributed by atoms with E-state index in [1.54, 1.807) is 21.3 Å². The van der Waals surface area contributed by atoms with Crippen LogP contribution in [-0.2, 0) is 5.60 Å². The quantitative estimate of drug-likeness (QED) is 0.241. The Morgan fingerprint density at radius 3 is 2.41 bits per heavy atom. The minimum absolute atomic E-state index is 0.413. The van der Waals surface area contributed by atoms with Crippen molar-refractivity contribution in [2.24, 2.45) is 0 Å². The number of rotatable bonds is 10. The third-order valence-corrected chi connectivity index (χ3v) is 7.62. The Morgan fingerprint density at radius 1 is 0.974 bits per heavy atom. The Balaban J connectivity index is 2.15. The van der Waals surface area contributed by atoms with E-state index < -0.39 is 11.5 Å². The normalized spacial score (nSPS) is 13.8. The molecule has 0 bridgehead atoms. The summed E-state index contributed by atoms with van der Waals surface area (Å²) in [6.45, 7) is 4.54. The summed E-state index contributed by atoms with van der Waals surface area (Å²) >= 11 is 3.59. The zero-order valence-corrected chi connectivity index (χ0v) is 25.2. The molecule has 0 unspecified atom stereocenters. The molecule has 0 aliphatic rings. The van der Waals surface area contributed by atoms with E-state index in [1.165, 1.54) is 0 Å². The van der Waals surface area contributed by atoms with Crippen molar-refractivity contribution in [2.45, 2.75) is 31.8 Å². The summed E-state index contributed by atoms with van der Waals surface area (Å²) in [4.78, 5) is 11.6. The van der Waals surface area contributed by atoms with Gasteiger partial charge in [-0.15, -0.1) is 0 Å². The van der Waals surface area contributed by atoms with Crippen LogP contribution in [0.1, 0.15) is 40.3 Å². The fourth-order valence-corrected chi connectivity index (χ4v) is 5.62. The highest BCUT2D eigenvalue weighted by Gasteiger charge is 2.45. The summed E-state index contributed by atoms with van der Waals surface area (Å²) in [7, 11) is 8.83. The van der Waals surface area contributed by atoms with Gasteiger partial charge in [-0.3, -0.25) is 4.98 Å². The molecule has 0 fully saturated rings. The van der Waals surface area contributed by atoms with Gasteiger partial charge in [0.25, 0.3) is 0 Å². The SMILES string of the molecule is COc1cccc([C@H](c2cc3cc(Br)ccc3nc2OC)[C@@](O)(CCN(C)C)c2cc(C)cnc2C)c1OC. The Morgan fingerprint density at radius 2 is 1.74 bits per heavy atom. The molecule has 0 aliphatic carbocycles. The second kappa shape index (κ2) is 11.9. The van der Waals surface area contributed by atoms with Gasteiger partial charge in [0.15, 0.2) is 11.5 Å². The number of ether oxygens (including phenoxy) is 3. The van der Waals surface area contributed by atoms with Gasteiger partial charge in [-0.25, -0.2) is 4.98 Å². The molecule has 2 heterocycles. The van der Waals surface area contributed by atoms with Gasteiger partial charge in [0.2, 0.25) is 5.88 Å². The predicted molar refractivity (Wildman–Crippen MR) is 158 cm³/mol. The van der Waals surface area contributed by atoms with E-state index in [-0.39, 0.29) is 0 Å². The number of nitrogens with zero attached hydrogens (tertiary/aromatic N) is 3. The number of methoxy groups -OCH3 is 3. The van der Waals surface area contributed by atoms with Crippen LogP contribution in [0.25, 0.3) is 10.9 Å². The van der Waals surface area contributed by atoms with Crippen LogP contribution in [0.3, 0.4) is 0 Å². The van der Waals surface area contributed by atoms with Crippen molar-refractivity contribution in [1.29, 1.82) is 0 Å². The molecular weight excluding hydrogens is 558 g/mol. The zero-order chi connectivity index (χ0) is 28.3. The number of hydrogen-bond acceptors (Lipinski definition) is 7. The molecule has 2 aromatic carbocycles. The van der Waals surface area contributed by atoms with E-state index in [0.717, 1.165) is 43.3 Å². The molecule has 206 valence electrons. The van der Waals surface area contributed by atoms with Crippen LogP contribution < -0.4 is 14.2 Å². The number of para-hydroxylation sites is 1. The molecule has 0 aliphatic heterocycles. The fraction of sp³-hybridized carbons (Fsp3) is 0.355. The molecule has 4 rings (SSSR count). The van der Waals surface area contributed by atoms with Crippen molar-refractivity contribution >= 4 is 26.8 Å².